The number of esters is 1. The molecular weight excluding hydrogens is 333 g/mol. The van der Waals surface area contributed by atoms with Crippen molar-refractivity contribution in [2.45, 2.75) is 0 Å². The van der Waals surface area contributed by atoms with E-state index < -0.39 is 5.97 Å². The van der Waals surface area contributed by atoms with Crippen molar-refractivity contribution in [2.75, 3.05) is 12.8 Å². The molecule has 5 nitrogen and oxygen atoms in total. The number of carbonyl (C=O) groups is 1. The summed E-state index contributed by atoms with van der Waals surface area (Å²) in [5, 5.41) is 4.15. The lowest BCUT2D eigenvalue weighted by atomic mass is 10.1. The third-order valence-corrected chi connectivity index (χ3v) is 2.78. The molecule has 0 atom stereocenters. The molecule has 0 fully saturated rings. The monoisotopic (exact) mass is 343 g/mol. The Kier molecular flexibility index (Phi) is 3.32. The molecule has 0 spiro atoms. The predicted molar refractivity (Wildman–Crippen MR) is 72.0 cm³/mol. The zero-order valence-electron chi connectivity index (χ0n) is 9.05. The third kappa shape index (κ3) is 2.41. The minimum atomic E-state index is -0.433. The normalized spacial score (nSPS) is 10.2. The fourth-order valence-electron chi connectivity index (χ4n) is 1.46. The molecule has 0 aliphatic carbocycles. The number of hydrogen-bond acceptors (Lipinski definition) is 4. The number of nitrogen functional groups attached to an aromatic ring is 1. The molecule has 0 bridgehead atoms. The van der Waals surface area contributed by atoms with Crippen LogP contribution in [0.4, 0.5) is 5.69 Å². The second kappa shape index (κ2) is 4.74. The molecule has 1 aromatic heterocycles. The maximum Gasteiger partial charge on any atom is 0.340 e. The highest BCUT2D eigenvalue weighted by Gasteiger charge is 2.14. The van der Waals surface area contributed by atoms with Gasteiger partial charge in [0.1, 0.15) is 0 Å². The van der Waals surface area contributed by atoms with Gasteiger partial charge in [-0.05, 0) is 40.8 Å². The van der Waals surface area contributed by atoms with E-state index in [1.54, 1.807) is 29.1 Å². The van der Waals surface area contributed by atoms with E-state index in [-0.39, 0.29) is 0 Å². The molecule has 17 heavy (non-hydrogen) atoms. The summed E-state index contributed by atoms with van der Waals surface area (Å²) in [4.78, 5) is 11.6. The average molecular weight is 343 g/mol. The standard InChI is InChI=1S/C11H10IN3O2/c1-17-11(16)9-4-8(13)2-3-10(9)15-6-7(12)5-14-15/h2-6H,13H2,1H3. The summed E-state index contributed by atoms with van der Waals surface area (Å²) in [5.74, 6) is -0.433. The Bertz CT molecular complexity index is 566. The van der Waals surface area contributed by atoms with Crippen LogP contribution in [0, 0.1) is 3.57 Å². The van der Waals surface area contributed by atoms with Gasteiger partial charge in [0.25, 0.3) is 0 Å². The predicted octanol–water partition coefficient (Wildman–Crippen LogP) is 1.85. The van der Waals surface area contributed by atoms with Crippen molar-refractivity contribution in [3.05, 3.63) is 39.7 Å². The fourth-order valence-corrected chi connectivity index (χ4v) is 1.85. The van der Waals surface area contributed by atoms with Gasteiger partial charge in [0.2, 0.25) is 0 Å². The molecule has 6 heteroatoms. The van der Waals surface area contributed by atoms with Crippen LogP contribution in [0.5, 0.6) is 0 Å². The van der Waals surface area contributed by atoms with Gasteiger partial charge in [0.05, 0.1) is 28.1 Å². The molecule has 1 aromatic carbocycles. The number of nitrogens with two attached hydrogens (primary N) is 1. The van der Waals surface area contributed by atoms with Crippen LogP contribution < -0.4 is 5.73 Å². The van der Waals surface area contributed by atoms with Gasteiger partial charge >= 0.3 is 5.97 Å². The van der Waals surface area contributed by atoms with E-state index in [0.717, 1.165) is 3.57 Å². The number of carbonyl (C=O) groups excluding carboxylic acids is 1. The van der Waals surface area contributed by atoms with E-state index >= 15 is 0 Å². The van der Waals surface area contributed by atoms with Crippen LogP contribution >= 0.6 is 22.6 Å². The first-order chi connectivity index (χ1) is 8.11. The smallest absolute Gasteiger partial charge is 0.340 e. The number of halogens is 1. The van der Waals surface area contributed by atoms with Crippen molar-refractivity contribution >= 4 is 34.2 Å². The molecule has 2 N–H and O–H groups in total. The summed E-state index contributed by atoms with van der Waals surface area (Å²) < 4.78 is 7.32. The number of hydrogen-bond donors (Lipinski definition) is 1. The van der Waals surface area contributed by atoms with E-state index in [1.807, 2.05) is 6.20 Å². The highest BCUT2D eigenvalue weighted by molar-refractivity contribution is 14.1. The SMILES string of the molecule is COC(=O)c1cc(N)ccc1-n1cc(I)cn1. The molecule has 0 saturated heterocycles. The zero-order valence-corrected chi connectivity index (χ0v) is 11.2. The number of aromatic nitrogens is 2. The van der Waals surface area contributed by atoms with Crippen LogP contribution in [0.2, 0.25) is 0 Å². The summed E-state index contributed by atoms with van der Waals surface area (Å²) >= 11 is 2.15. The zero-order chi connectivity index (χ0) is 12.4. The van der Waals surface area contributed by atoms with E-state index in [4.69, 9.17) is 10.5 Å². The van der Waals surface area contributed by atoms with Crippen LogP contribution in [-0.2, 0) is 4.74 Å². The quantitative estimate of drug-likeness (QED) is 0.513. The van der Waals surface area contributed by atoms with Gasteiger partial charge in [-0.25, -0.2) is 9.48 Å². The lowest BCUT2D eigenvalue weighted by molar-refractivity contribution is 0.0600. The van der Waals surface area contributed by atoms with Crippen molar-refractivity contribution in [2.24, 2.45) is 0 Å². The summed E-state index contributed by atoms with van der Waals surface area (Å²) in [6, 6.07) is 5.04. The van der Waals surface area contributed by atoms with Crippen LogP contribution in [0.3, 0.4) is 0 Å². The first kappa shape index (κ1) is 11.9. The second-order valence-electron chi connectivity index (χ2n) is 3.37. The van der Waals surface area contributed by atoms with Gasteiger partial charge in [-0.3, -0.25) is 0 Å². The van der Waals surface area contributed by atoms with Crippen molar-refractivity contribution in [1.29, 1.82) is 0 Å². The van der Waals surface area contributed by atoms with Gasteiger partial charge in [-0.15, -0.1) is 0 Å². The summed E-state index contributed by atoms with van der Waals surface area (Å²) in [7, 11) is 1.34. The number of methoxy groups -OCH3 is 1. The number of benzene rings is 1. The van der Waals surface area contributed by atoms with Gasteiger partial charge in [0.15, 0.2) is 0 Å². The van der Waals surface area contributed by atoms with E-state index in [0.29, 0.717) is 16.9 Å². The second-order valence-corrected chi connectivity index (χ2v) is 4.62. The topological polar surface area (TPSA) is 70.1 Å². The van der Waals surface area contributed by atoms with Gasteiger partial charge in [0, 0.05) is 11.9 Å². The Morgan fingerprint density at radius 2 is 2.29 bits per heavy atom. The number of anilines is 1. The van der Waals surface area contributed by atoms with E-state index in [9.17, 15) is 4.79 Å². The third-order valence-electron chi connectivity index (χ3n) is 2.22. The molecule has 1 heterocycles. The molecule has 88 valence electrons. The molecule has 0 unspecified atom stereocenters. The molecule has 2 rings (SSSR count). The summed E-state index contributed by atoms with van der Waals surface area (Å²) in [6.45, 7) is 0. The number of ether oxygens (including phenoxy) is 1. The van der Waals surface area contributed by atoms with Crippen LogP contribution in [0.1, 0.15) is 10.4 Å². The van der Waals surface area contributed by atoms with Crippen molar-refractivity contribution in [3.8, 4) is 5.69 Å². The van der Waals surface area contributed by atoms with Crippen molar-refractivity contribution in [1.82, 2.24) is 9.78 Å². The Labute approximate surface area is 112 Å². The number of nitrogens with zero attached hydrogens (tertiary/aromatic N) is 2. The molecule has 0 saturated carbocycles. The van der Waals surface area contributed by atoms with Crippen molar-refractivity contribution < 1.29 is 9.53 Å². The Hall–Kier alpha value is -1.57. The van der Waals surface area contributed by atoms with Crippen molar-refractivity contribution in [3.63, 3.8) is 0 Å². The van der Waals surface area contributed by atoms with Gasteiger partial charge in [-0.2, -0.15) is 5.10 Å². The van der Waals surface area contributed by atoms with Gasteiger partial charge < -0.3 is 10.5 Å². The van der Waals surface area contributed by atoms with Crippen LogP contribution in [-0.4, -0.2) is 22.9 Å². The maximum atomic E-state index is 11.6. The highest BCUT2D eigenvalue weighted by Crippen LogP contribution is 2.19. The maximum absolute atomic E-state index is 11.6. The molecule has 0 aliphatic heterocycles. The highest BCUT2D eigenvalue weighted by atomic mass is 127. The number of rotatable bonds is 2. The summed E-state index contributed by atoms with van der Waals surface area (Å²) in [5.41, 5.74) is 7.22. The fraction of sp³-hybridized carbons (Fsp3) is 0.0909. The van der Waals surface area contributed by atoms with E-state index in [2.05, 4.69) is 27.7 Å². The lowest BCUT2D eigenvalue weighted by Crippen LogP contribution is -2.09. The van der Waals surface area contributed by atoms with Gasteiger partial charge in [-0.1, -0.05) is 0 Å². The average Bonchev–Trinajstić information content (AvgIpc) is 2.74. The minimum Gasteiger partial charge on any atom is -0.465 e. The van der Waals surface area contributed by atoms with Crippen LogP contribution in [0.25, 0.3) is 5.69 Å². The van der Waals surface area contributed by atoms with E-state index in [1.165, 1.54) is 7.11 Å². The molecule has 2 aromatic rings. The lowest BCUT2D eigenvalue weighted by Gasteiger charge is -2.08. The Morgan fingerprint density at radius 1 is 1.53 bits per heavy atom. The molecule has 0 aliphatic rings. The molecule has 0 radical (unpaired) electrons. The Balaban J connectivity index is 2.57. The first-order valence-corrected chi connectivity index (χ1v) is 5.88. The summed E-state index contributed by atoms with van der Waals surface area (Å²) in [6.07, 6.45) is 3.52. The molecular formula is C11H10IN3O2. The molecule has 0 amide bonds. The Morgan fingerprint density at radius 3 is 2.88 bits per heavy atom. The first-order valence-electron chi connectivity index (χ1n) is 4.80. The largest absolute Gasteiger partial charge is 0.465 e. The minimum absolute atomic E-state index is 0.395. The van der Waals surface area contributed by atoms with Crippen LogP contribution in [0.15, 0.2) is 30.6 Å².